The van der Waals surface area contributed by atoms with Gasteiger partial charge in [0.15, 0.2) is 0 Å². The van der Waals surface area contributed by atoms with Crippen LogP contribution in [0.1, 0.15) is 41.2 Å². The first-order chi connectivity index (χ1) is 12.8. The summed E-state index contributed by atoms with van der Waals surface area (Å²) < 4.78 is 23.5. The largest absolute Gasteiger partial charge is 0.496 e. The molecule has 146 valence electrons. The van der Waals surface area contributed by atoms with E-state index in [9.17, 15) is 0 Å². The highest BCUT2D eigenvalue weighted by atomic mass is 16.5. The Kier molecular flexibility index (Phi) is 5.27. The van der Waals surface area contributed by atoms with Gasteiger partial charge in [-0.3, -0.25) is 0 Å². The summed E-state index contributed by atoms with van der Waals surface area (Å²) in [7, 11) is 5.13. The van der Waals surface area contributed by atoms with Crippen molar-refractivity contribution in [3.05, 3.63) is 46.0 Å². The fourth-order valence-electron chi connectivity index (χ4n) is 4.19. The van der Waals surface area contributed by atoms with Gasteiger partial charge >= 0.3 is 0 Å². The zero-order chi connectivity index (χ0) is 19.8. The molecule has 0 radical (unpaired) electrons. The van der Waals surface area contributed by atoms with Crippen molar-refractivity contribution in [1.29, 1.82) is 0 Å². The quantitative estimate of drug-likeness (QED) is 0.745. The Balaban J connectivity index is 2.01. The van der Waals surface area contributed by atoms with Crippen LogP contribution in [0.2, 0.25) is 0 Å². The van der Waals surface area contributed by atoms with Crippen LogP contribution in [0.4, 0.5) is 0 Å². The number of hydrogen-bond acceptors (Lipinski definition) is 4. The molecule has 2 aromatic carbocycles. The van der Waals surface area contributed by atoms with E-state index in [2.05, 4.69) is 27.7 Å². The van der Waals surface area contributed by atoms with Crippen molar-refractivity contribution in [2.45, 2.75) is 52.6 Å². The average Bonchev–Trinajstić information content (AvgIpc) is 2.66. The normalized spacial score (nSPS) is 18.5. The summed E-state index contributed by atoms with van der Waals surface area (Å²) in [6.45, 7) is 8.51. The maximum absolute atomic E-state index is 6.65. The van der Waals surface area contributed by atoms with Crippen LogP contribution in [0.15, 0.2) is 18.2 Å². The van der Waals surface area contributed by atoms with Gasteiger partial charge in [-0.05, 0) is 69.4 Å². The van der Waals surface area contributed by atoms with Crippen molar-refractivity contribution in [3.63, 3.8) is 0 Å². The second kappa shape index (κ2) is 7.34. The molecule has 0 saturated heterocycles. The Labute approximate surface area is 162 Å². The Morgan fingerprint density at radius 3 is 2.11 bits per heavy atom. The Morgan fingerprint density at radius 2 is 1.56 bits per heavy atom. The van der Waals surface area contributed by atoms with Gasteiger partial charge in [-0.15, -0.1) is 0 Å². The van der Waals surface area contributed by atoms with E-state index in [4.69, 9.17) is 18.9 Å². The predicted molar refractivity (Wildman–Crippen MR) is 108 cm³/mol. The maximum atomic E-state index is 6.65. The molecule has 3 rings (SSSR count). The number of ether oxygens (including phenoxy) is 4. The van der Waals surface area contributed by atoms with E-state index in [1.54, 1.807) is 21.3 Å². The van der Waals surface area contributed by atoms with Gasteiger partial charge in [-0.25, -0.2) is 0 Å². The van der Waals surface area contributed by atoms with Gasteiger partial charge in [0.2, 0.25) is 0 Å². The minimum Gasteiger partial charge on any atom is -0.496 e. The summed E-state index contributed by atoms with van der Waals surface area (Å²) in [5.74, 6) is 3.66. The third-order valence-corrected chi connectivity index (χ3v) is 5.85. The molecular formula is C23H30O4. The highest BCUT2D eigenvalue weighted by molar-refractivity contribution is 5.59. The zero-order valence-electron chi connectivity index (χ0n) is 17.5. The van der Waals surface area contributed by atoms with E-state index in [1.165, 1.54) is 11.1 Å². The second-order valence-corrected chi connectivity index (χ2v) is 7.59. The van der Waals surface area contributed by atoms with Gasteiger partial charge in [-0.2, -0.15) is 0 Å². The lowest BCUT2D eigenvalue weighted by Gasteiger charge is -2.38. The SMILES string of the molecule is COc1cccc(OC)c1C[C@@]1(C)CCc2c(C)c(OC)c(C)c(C)c2O1. The van der Waals surface area contributed by atoms with Gasteiger partial charge in [-0.1, -0.05) is 6.07 Å². The van der Waals surface area contributed by atoms with Crippen LogP contribution in [0.25, 0.3) is 0 Å². The molecule has 0 aromatic heterocycles. The van der Waals surface area contributed by atoms with E-state index < -0.39 is 0 Å². The van der Waals surface area contributed by atoms with Crippen molar-refractivity contribution >= 4 is 0 Å². The van der Waals surface area contributed by atoms with Gasteiger partial charge in [0.1, 0.15) is 28.6 Å². The molecule has 2 aromatic rings. The summed E-state index contributed by atoms with van der Waals surface area (Å²) in [6.07, 6.45) is 2.61. The smallest absolute Gasteiger partial charge is 0.127 e. The molecule has 1 atom stereocenters. The number of methoxy groups -OCH3 is 3. The molecule has 4 nitrogen and oxygen atoms in total. The van der Waals surface area contributed by atoms with Crippen molar-refractivity contribution in [2.24, 2.45) is 0 Å². The molecule has 0 saturated carbocycles. The monoisotopic (exact) mass is 370 g/mol. The van der Waals surface area contributed by atoms with Gasteiger partial charge in [0.05, 0.1) is 21.3 Å². The molecule has 0 aliphatic carbocycles. The minimum absolute atomic E-state index is 0.326. The number of hydrogen-bond donors (Lipinski definition) is 0. The van der Waals surface area contributed by atoms with Crippen molar-refractivity contribution in [1.82, 2.24) is 0 Å². The topological polar surface area (TPSA) is 36.9 Å². The van der Waals surface area contributed by atoms with E-state index in [-0.39, 0.29) is 5.60 Å². The Hall–Kier alpha value is -2.36. The second-order valence-electron chi connectivity index (χ2n) is 7.59. The highest BCUT2D eigenvalue weighted by Crippen LogP contribution is 2.45. The molecule has 0 bridgehead atoms. The van der Waals surface area contributed by atoms with Gasteiger partial charge in [0.25, 0.3) is 0 Å². The summed E-state index contributed by atoms with van der Waals surface area (Å²) in [4.78, 5) is 0. The number of rotatable bonds is 5. The molecule has 1 aliphatic heterocycles. The molecule has 0 unspecified atom stereocenters. The highest BCUT2D eigenvalue weighted by Gasteiger charge is 2.36. The third-order valence-electron chi connectivity index (χ3n) is 5.85. The van der Waals surface area contributed by atoms with Crippen LogP contribution in [0, 0.1) is 20.8 Å². The first-order valence-electron chi connectivity index (χ1n) is 9.40. The lowest BCUT2D eigenvalue weighted by molar-refractivity contribution is 0.0627. The van der Waals surface area contributed by atoms with Crippen LogP contribution in [0.3, 0.4) is 0 Å². The molecule has 0 spiro atoms. The summed E-state index contributed by atoms with van der Waals surface area (Å²) >= 11 is 0. The molecular weight excluding hydrogens is 340 g/mol. The lowest BCUT2D eigenvalue weighted by Crippen LogP contribution is -2.39. The van der Waals surface area contributed by atoms with E-state index in [0.717, 1.165) is 59.0 Å². The van der Waals surface area contributed by atoms with Crippen LogP contribution < -0.4 is 18.9 Å². The van der Waals surface area contributed by atoms with E-state index in [0.29, 0.717) is 0 Å². The molecule has 1 heterocycles. The summed E-state index contributed by atoms with van der Waals surface area (Å²) in [6, 6.07) is 5.90. The Morgan fingerprint density at radius 1 is 0.926 bits per heavy atom. The predicted octanol–water partition coefficient (Wildman–Crippen LogP) is 4.96. The van der Waals surface area contributed by atoms with Crippen LogP contribution in [0.5, 0.6) is 23.0 Å². The molecule has 0 fully saturated rings. The summed E-state index contributed by atoms with van der Waals surface area (Å²) in [5, 5.41) is 0. The Bertz CT molecular complexity index is 834. The fourth-order valence-corrected chi connectivity index (χ4v) is 4.19. The molecule has 0 N–H and O–H groups in total. The molecule has 1 aliphatic rings. The van der Waals surface area contributed by atoms with Crippen molar-refractivity contribution in [3.8, 4) is 23.0 Å². The van der Waals surface area contributed by atoms with Gasteiger partial charge < -0.3 is 18.9 Å². The van der Waals surface area contributed by atoms with Crippen LogP contribution >= 0.6 is 0 Å². The first kappa shape index (κ1) is 19.4. The standard InChI is InChI=1S/C23H30O4/c1-14-15(2)22-17(16(3)21(14)26-7)11-12-23(4,27-22)13-18-19(24-5)9-8-10-20(18)25-6/h8-10H,11-13H2,1-7H3/t23-/m1/s1. The van der Waals surface area contributed by atoms with Crippen LogP contribution in [-0.4, -0.2) is 26.9 Å². The van der Waals surface area contributed by atoms with E-state index >= 15 is 0 Å². The summed E-state index contributed by atoms with van der Waals surface area (Å²) in [5.41, 5.74) is 5.48. The fraction of sp³-hybridized carbons (Fsp3) is 0.478. The number of fused-ring (bicyclic) bond motifs is 1. The minimum atomic E-state index is -0.326. The van der Waals surface area contributed by atoms with Crippen molar-refractivity contribution in [2.75, 3.05) is 21.3 Å². The third kappa shape index (κ3) is 3.33. The average molecular weight is 370 g/mol. The first-order valence-corrected chi connectivity index (χ1v) is 9.40. The van der Waals surface area contributed by atoms with Crippen LogP contribution in [-0.2, 0) is 12.8 Å². The van der Waals surface area contributed by atoms with E-state index in [1.807, 2.05) is 18.2 Å². The molecule has 0 amide bonds. The van der Waals surface area contributed by atoms with Crippen molar-refractivity contribution < 1.29 is 18.9 Å². The van der Waals surface area contributed by atoms with Gasteiger partial charge in [0, 0.05) is 17.5 Å². The number of benzene rings is 2. The molecule has 27 heavy (non-hydrogen) atoms. The maximum Gasteiger partial charge on any atom is 0.127 e. The molecule has 4 heteroatoms. The zero-order valence-corrected chi connectivity index (χ0v) is 17.5. The lowest BCUT2D eigenvalue weighted by atomic mass is 9.83.